The lowest BCUT2D eigenvalue weighted by Gasteiger charge is -2.13. The van der Waals surface area contributed by atoms with Gasteiger partial charge < -0.3 is 18.4 Å². The van der Waals surface area contributed by atoms with Gasteiger partial charge in [-0.2, -0.15) is 0 Å². The standard InChI is InChI=1S/C17H14O7S/c1-22-11-4-5-12-15(8-11)24-9-13(17(12)18)10-3-6-14(23-2)16(7-10)25(19,20)21/h3-9H,1-2H3,(H,19,20,21)/p-1. The zero-order chi connectivity index (χ0) is 18.2. The molecule has 8 heteroatoms. The van der Waals surface area contributed by atoms with Crippen LogP contribution in [0, 0.1) is 0 Å². The van der Waals surface area contributed by atoms with Crippen LogP contribution in [0.5, 0.6) is 11.5 Å². The number of rotatable bonds is 4. The Morgan fingerprint density at radius 2 is 1.80 bits per heavy atom. The maximum Gasteiger partial charge on any atom is 0.200 e. The van der Waals surface area contributed by atoms with Gasteiger partial charge in [0, 0.05) is 6.07 Å². The Morgan fingerprint density at radius 3 is 2.44 bits per heavy atom. The third kappa shape index (κ3) is 3.09. The maximum absolute atomic E-state index is 12.7. The maximum atomic E-state index is 12.7. The van der Waals surface area contributed by atoms with Crippen LogP contribution in [0.25, 0.3) is 22.1 Å². The Kier molecular flexibility index (Phi) is 4.23. The summed E-state index contributed by atoms with van der Waals surface area (Å²) in [5.41, 5.74) is 0.341. The summed E-state index contributed by atoms with van der Waals surface area (Å²) < 4.78 is 49.7. The Balaban J connectivity index is 2.23. The molecule has 25 heavy (non-hydrogen) atoms. The highest BCUT2D eigenvalue weighted by Crippen LogP contribution is 2.29. The monoisotopic (exact) mass is 361 g/mol. The molecule has 0 saturated heterocycles. The van der Waals surface area contributed by atoms with Crippen LogP contribution >= 0.6 is 0 Å². The molecule has 0 aliphatic carbocycles. The first-order valence-corrected chi connectivity index (χ1v) is 8.50. The van der Waals surface area contributed by atoms with Crippen molar-refractivity contribution in [2.24, 2.45) is 0 Å². The molecule has 3 rings (SSSR count). The van der Waals surface area contributed by atoms with Gasteiger partial charge in [-0.15, -0.1) is 0 Å². The molecule has 1 heterocycles. The normalized spacial score (nSPS) is 11.5. The van der Waals surface area contributed by atoms with Crippen LogP contribution in [0.4, 0.5) is 0 Å². The third-order valence-electron chi connectivity index (χ3n) is 3.73. The summed E-state index contributed by atoms with van der Waals surface area (Å²) in [4.78, 5) is 12.1. The summed E-state index contributed by atoms with van der Waals surface area (Å²) in [5, 5.41) is 0.306. The average Bonchev–Trinajstić information content (AvgIpc) is 2.60. The second-order valence-corrected chi connectivity index (χ2v) is 6.51. The minimum Gasteiger partial charge on any atom is -0.744 e. The van der Waals surface area contributed by atoms with Crippen molar-refractivity contribution in [1.29, 1.82) is 0 Å². The van der Waals surface area contributed by atoms with Gasteiger partial charge in [-0.05, 0) is 29.8 Å². The van der Waals surface area contributed by atoms with E-state index in [0.717, 1.165) is 6.07 Å². The quantitative estimate of drug-likeness (QED) is 0.657. The number of ether oxygens (including phenoxy) is 2. The van der Waals surface area contributed by atoms with E-state index in [-0.39, 0.29) is 22.3 Å². The molecule has 0 bridgehead atoms. The average molecular weight is 361 g/mol. The van der Waals surface area contributed by atoms with Crippen LogP contribution in [0.1, 0.15) is 0 Å². The predicted octanol–water partition coefficient (Wildman–Crippen LogP) is 2.38. The van der Waals surface area contributed by atoms with E-state index in [0.29, 0.717) is 16.7 Å². The number of hydrogen-bond acceptors (Lipinski definition) is 7. The highest BCUT2D eigenvalue weighted by atomic mass is 32.2. The van der Waals surface area contributed by atoms with Crippen LogP contribution < -0.4 is 14.9 Å². The van der Waals surface area contributed by atoms with E-state index in [1.807, 2.05) is 0 Å². The molecule has 0 radical (unpaired) electrons. The molecule has 130 valence electrons. The molecule has 0 spiro atoms. The highest BCUT2D eigenvalue weighted by molar-refractivity contribution is 7.85. The van der Waals surface area contributed by atoms with Crippen molar-refractivity contribution >= 4 is 21.1 Å². The van der Waals surface area contributed by atoms with Crippen LogP contribution in [0.15, 0.2) is 56.8 Å². The smallest absolute Gasteiger partial charge is 0.200 e. The van der Waals surface area contributed by atoms with E-state index >= 15 is 0 Å². The van der Waals surface area contributed by atoms with Gasteiger partial charge in [0.25, 0.3) is 0 Å². The fourth-order valence-electron chi connectivity index (χ4n) is 2.47. The Hall–Kier alpha value is -2.84. The summed E-state index contributed by atoms with van der Waals surface area (Å²) in [6.45, 7) is 0. The lowest BCUT2D eigenvalue weighted by molar-refractivity contribution is 0.395. The van der Waals surface area contributed by atoms with Crippen molar-refractivity contribution in [3.05, 3.63) is 52.9 Å². The molecular weight excluding hydrogens is 348 g/mol. The largest absolute Gasteiger partial charge is 0.744 e. The van der Waals surface area contributed by atoms with E-state index in [1.54, 1.807) is 18.2 Å². The van der Waals surface area contributed by atoms with E-state index in [9.17, 15) is 17.8 Å². The zero-order valence-electron chi connectivity index (χ0n) is 13.3. The number of hydrogen-bond donors (Lipinski definition) is 0. The lowest BCUT2D eigenvalue weighted by Crippen LogP contribution is -2.07. The first kappa shape index (κ1) is 17.0. The third-order valence-corrected chi connectivity index (χ3v) is 4.58. The van der Waals surface area contributed by atoms with Crippen molar-refractivity contribution < 1.29 is 26.9 Å². The van der Waals surface area contributed by atoms with Crippen LogP contribution in [-0.2, 0) is 10.1 Å². The summed E-state index contributed by atoms with van der Waals surface area (Å²) in [6, 6.07) is 8.64. The summed E-state index contributed by atoms with van der Waals surface area (Å²) in [7, 11) is -2.02. The van der Waals surface area contributed by atoms with Gasteiger partial charge in [0.1, 0.15) is 33.5 Å². The van der Waals surface area contributed by atoms with Gasteiger partial charge >= 0.3 is 0 Å². The fourth-order valence-corrected chi connectivity index (χ4v) is 3.14. The van der Waals surface area contributed by atoms with Crippen molar-refractivity contribution in [3.63, 3.8) is 0 Å². The van der Waals surface area contributed by atoms with E-state index in [2.05, 4.69) is 0 Å². The van der Waals surface area contributed by atoms with Crippen molar-refractivity contribution in [2.45, 2.75) is 4.90 Å². The second kappa shape index (κ2) is 6.23. The molecule has 2 aromatic carbocycles. The van der Waals surface area contributed by atoms with Crippen molar-refractivity contribution in [1.82, 2.24) is 0 Å². The molecule has 0 atom stereocenters. The minimum absolute atomic E-state index is 0.0892. The molecule has 0 fully saturated rings. The van der Waals surface area contributed by atoms with Crippen LogP contribution in [0.3, 0.4) is 0 Å². The van der Waals surface area contributed by atoms with Crippen LogP contribution in [-0.4, -0.2) is 27.2 Å². The SMILES string of the molecule is COc1ccc2c(=O)c(-c3ccc(OC)c(S(=O)(=O)[O-])c3)coc2c1. The number of fused-ring (bicyclic) bond motifs is 1. The first-order chi connectivity index (χ1) is 11.8. The molecule has 0 saturated carbocycles. The van der Waals surface area contributed by atoms with Gasteiger partial charge in [-0.1, -0.05) is 6.07 Å². The van der Waals surface area contributed by atoms with E-state index in [1.165, 1.54) is 32.6 Å². The van der Waals surface area contributed by atoms with E-state index in [4.69, 9.17) is 13.9 Å². The molecule has 3 aromatic rings. The number of benzene rings is 2. The summed E-state index contributed by atoms with van der Waals surface area (Å²) >= 11 is 0. The second-order valence-electron chi connectivity index (χ2n) is 5.16. The van der Waals surface area contributed by atoms with Crippen LogP contribution in [0.2, 0.25) is 0 Å². The van der Waals surface area contributed by atoms with Gasteiger partial charge in [0.2, 0.25) is 0 Å². The van der Waals surface area contributed by atoms with Gasteiger partial charge in [-0.3, -0.25) is 4.79 Å². The topological polar surface area (TPSA) is 106 Å². The van der Waals surface area contributed by atoms with Gasteiger partial charge in [0.05, 0.1) is 30.1 Å². The Bertz CT molecular complexity index is 1110. The number of methoxy groups -OCH3 is 2. The van der Waals surface area contributed by atoms with Crippen molar-refractivity contribution in [2.75, 3.05) is 14.2 Å². The molecule has 0 amide bonds. The summed E-state index contributed by atoms with van der Waals surface area (Å²) in [5.74, 6) is 0.446. The van der Waals surface area contributed by atoms with Gasteiger partial charge in [-0.25, -0.2) is 8.42 Å². The molecule has 0 aliphatic heterocycles. The Labute approximate surface area is 143 Å². The lowest BCUT2D eigenvalue weighted by atomic mass is 10.1. The molecule has 1 aromatic heterocycles. The highest BCUT2D eigenvalue weighted by Gasteiger charge is 2.15. The summed E-state index contributed by atoms with van der Waals surface area (Å²) in [6.07, 6.45) is 1.22. The van der Waals surface area contributed by atoms with E-state index < -0.39 is 15.0 Å². The predicted molar refractivity (Wildman–Crippen MR) is 89.0 cm³/mol. The first-order valence-electron chi connectivity index (χ1n) is 7.09. The zero-order valence-corrected chi connectivity index (χ0v) is 14.1. The molecule has 0 N–H and O–H groups in total. The molecule has 0 unspecified atom stereocenters. The Morgan fingerprint density at radius 1 is 1.04 bits per heavy atom. The minimum atomic E-state index is -4.76. The van der Waals surface area contributed by atoms with Crippen molar-refractivity contribution in [3.8, 4) is 22.6 Å². The molecule has 7 nitrogen and oxygen atoms in total. The van der Waals surface area contributed by atoms with Gasteiger partial charge in [0.15, 0.2) is 5.43 Å². The molecule has 0 aliphatic rings. The molecular formula is C17H13O7S-. The fraction of sp³-hybridized carbons (Fsp3) is 0.118.